The second-order valence-electron chi connectivity index (χ2n) is 5.68. The first-order valence-corrected chi connectivity index (χ1v) is 7.43. The molecule has 1 fully saturated rings. The number of carbonyl (C=O) groups is 1. The van der Waals surface area contributed by atoms with Gasteiger partial charge < -0.3 is 15.8 Å². The third kappa shape index (κ3) is 3.32. The SMILES string of the molecule is COc1ccc(-c2ccc(C(=O)NC3CC(N)C3)nc2)cc1F. The first kappa shape index (κ1) is 15.4. The third-order valence-corrected chi connectivity index (χ3v) is 3.99. The van der Waals surface area contributed by atoms with Crippen molar-refractivity contribution < 1.29 is 13.9 Å². The van der Waals surface area contributed by atoms with Crippen molar-refractivity contribution in [3.8, 4) is 16.9 Å². The van der Waals surface area contributed by atoms with Crippen LogP contribution >= 0.6 is 0 Å². The summed E-state index contributed by atoms with van der Waals surface area (Å²) in [7, 11) is 1.42. The van der Waals surface area contributed by atoms with Crippen LogP contribution in [0.15, 0.2) is 36.5 Å². The number of benzene rings is 1. The van der Waals surface area contributed by atoms with Gasteiger partial charge >= 0.3 is 0 Å². The lowest BCUT2D eigenvalue weighted by molar-refractivity contribution is 0.0905. The van der Waals surface area contributed by atoms with Crippen LogP contribution in [0.5, 0.6) is 5.75 Å². The summed E-state index contributed by atoms with van der Waals surface area (Å²) >= 11 is 0. The van der Waals surface area contributed by atoms with Crippen LogP contribution in [0.2, 0.25) is 0 Å². The molecule has 1 aliphatic rings. The lowest BCUT2D eigenvalue weighted by Gasteiger charge is -2.32. The molecule has 1 amide bonds. The molecule has 6 heteroatoms. The molecule has 23 heavy (non-hydrogen) atoms. The summed E-state index contributed by atoms with van der Waals surface area (Å²) in [6.45, 7) is 0. The molecule has 3 N–H and O–H groups in total. The maximum absolute atomic E-state index is 13.7. The minimum atomic E-state index is -0.437. The second kappa shape index (κ2) is 6.34. The van der Waals surface area contributed by atoms with Crippen LogP contribution in [0.3, 0.4) is 0 Å². The van der Waals surface area contributed by atoms with Gasteiger partial charge in [0.05, 0.1) is 7.11 Å². The Morgan fingerprint density at radius 3 is 2.61 bits per heavy atom. The molecule has 0 saturated heterocycles. The van der Waals surface area contributed by atoms with Crippen LogP contribution in [0.25, 0.3) is 11.1 Å². The van der Waals surface area contributed by atoms with Crippen molar-refractivity contribution in [1.29, 1.82) is 0 Å². The number of amides is 1. The second-order valence-corrected chi connectivity index (χ2v) is 5.68. The fourth-order valence-electron chi connectivity index (χ4n) is 2.58. The minimum absolute atomic E-state index is 0.134. The van der Waals surface area contributed by atoms with Crippen LogP contribution < -0.4 is 15.8 Å². The highest BCUT2D eigenvalue weighted by molar-refractivity contribution is 5.92. The number of ether oxygens (including phenoxy) is 1. The number of hydrogen-bond acceptors (Lipinski definition) is 4. The van der Waals surface area contributed by atoms with E-state index in [1.54, 1.807) is 30.5 Å². The van der Waals surface area contributed by atoms with Crippen LogP contribution in [-0.2, 0) is 0 Å². The molecule has 1 aromatic heterocycles. The molecule has 120 valence electrons. The van der Waals surface area contributed by atoms with Gasteiger partial charge in [-0.05, 0) is 36.6 Å². The molecule has 0 unspecified atom stereocenters. The highest BCUT2D eigenvalue weighted by atomic mass is 19.1. The van der Waals surface area contributed by atoms with E-state index < -0.39 is 5.82 Å². The number of nitrogens with zero attached hydrogens (tertiary/aromatic N) is 1. The van der Waals surface area contributed by atoms with Crippen LogP contribution in [-0.4, -0.2) is 30.1 Å². The zero-order valence-corrected chi connectivity index (χ0v) is 12.8. The molecule has 1 aliphatic carbocycles. The number of nitrogens with two attached hydrogens (primary N) is 1. The fourth-order valence-corrected chi connectivity index (χ4v) is 2.58. The van der Waals surface area contributed by atoms with Crippen molar-refractivity contribution in [2.75, 3.05) is 7.11 Å². The molecule has 1 aromatic carbocycles. The number of carbonyl (C=O) groups excluding carboxylic acids is 1. The van der Waals surface area contributed by atoms with E-state index in [9.17, 15) is 9.18 Å². The molecule has 0 spiro atoms. The monoisotopic (exact) mass is 315 g/mol. The van der Waals surface area contributed by atoms with Crippen LogP contribution in [0, 0.1) is 5.82 Å². The Labute approximate surface area is 133 Å². The minimum Gasteiger partial charge on any atom is -0.494 e. The zero-order valence-electron chi connectivity index (χ0n) is 12.8. The zero-order chi connectivity index (χ0) is 16.4. The highest BCUT2D eigenvalue weighted by Gasteiger charge is 2.27. The van der Waals surface area contributed by atoms with Gasteiger partial charge in [0.15, 0.2) is 11.6 Å². The Bertz CT molecular complexity index is 712. The first-order chi connectivity index (χ1) is 11.1. The number of methoxy groups -OCH3 is 1. The van der Waals surface area contributed by atoms with Crippen molar-refractivity contribution in [3.05, 3.63) is 48.0 Å². The summed E-state index contributed by atoms with van der Waals surface area (Å²) in [6.07, 6.45) is 3.16. The van der Waals surface area contributed by atoms with Gasteiger partial charge in [-0.25, -0.2) is 4.39 Å². The van der Waals surface area contributed by atoms with Crippen LogP contribution in [0.4, 0.5) is 4.39 Å². The van der Waals surface area contributed by atoms with E-state index in [-0.39, 0.29) is 23.7 Å². The van der Waals surface area contributed by atoms with Gasteiger partial charge in [-0.3, -0.25) is 9.78 Å². The van der Waals surface area contributed by atoms with Crippen molar-refractivity contribution in [2.24, 2.45) is 5.73 Å². The largest absolute Gasteiger partial charge is 0.494 e. The van der Waals surface area contributed by atoms with E-state index in [1.807, 2.05) is 0 Å². The Balaban J connectivity index is 1.71. The number of halogens is 1. The van der Waals surface area contributed by atoms with E-state index in [0.29, 0.717) is 11.3 Å². The average Bonchev–Trinajstić information content (AvgIpc) is 2.53. The lowest BCUT2D eigenvalue weighted by atomic mass is 9.87. The van der Waals surface area contributed by atoms with Gasteiger partial charge in [0.2, 0.25) is 0 Å². The van der Waals surface area contributed by atoms with E-state index in [0.717, 1.165) is 18.4 Å². The molecular weight excluding hydrogens is 297 g/mol. The Morgan fingerprint density at radius 2 is 2.04 bits per heavy atom. The van der Waals surface area contributed by atoms with Gasteiger partial charge in [-0.1, -0.05) is 12.1 Å². The summed E-state index contributed by atoms with van der Waals surface area (Å²) in [6, 6.07) is 8.38. The molecule has 5 nitrogen and oxygen atoms in total. The molecule has 2 aromatic rings. The Kier molecular flexibility index (Phi) is 4.25. The van der Waals surface area contributed by atoms with E-state index in [1.165, 1.54) is 13.2 Å². The number of nitrogens with one attached hydrogen (secondary N) is 1. The first-order valence-electron chi connectivity index (χ1n) is 7.43. The van der Waals surface area contributed by atoms with Crippen molar-refractivity contribution in [1.82, 2.24) is 10.3 Å². The molecule has 0 aliphatic heterocycles. The number of aromatic nitrogens is 1. The van der Waals surface area contributed by atoms with Gasteiger partial charge in [0, 0.05) is 23.8 Å². The highest BCUT2D eigenvalue weighted by Crippen LogP contribution is 2.25. The predicted octanol–water partition coefficient (Wildman–Crippen LogP) is 2.12. The average molecular weight is 315 g/mol. The molecular formula is C17H18FN3O2. The molecule has 0 radical (unpaired) electrons. The maximum atomic E-state index is 13.7. The lowest BCUT2D eigenvalue weighted by Crippen LogP contribution is -2.50. The number of rotatable bonds is 4. The summed E-state index contributed by atoms with van der Waals surface area (Å²) < 4.78 is 18.6. The molecule has 0 bridgehead atoms. The van der Waals surface area contributed by atoms with Crippen LogP contribution in [0.1, 0.15) is 23.3 Å². The molecule has 1 heterocycles. The van der Waals surface area contributed by atoms with Gasteiger partial charge in [-0.2, -0.15) is 0 Å². The topological polar surface area (TPSA) is 77.2 Å². The number of pyridine rings is 1. The predicted molar refractivity (Wildman–Crippen MR) is 84.6 cm³/mol. The molecule has 3 rings (SSSR count). The van der Waals surface area contributed by atoms with Gasteiger partial charge in [0.25, 0.3) is 5.91 Å². The normalized spacial score (nSPS) is 19.8. The summed E-state index contributed by atoms with van der Waals surface area (Å²) in [5.74, 6) is -0.459. The quantitative estimate of drug-likeness (QED) is 0.906. The smallest absolute Gasteiger partial charge is 0.270 e. The van der Waals surface area contributed by atoms with Gasteiger partial charge in [-0.15, -0.1) is 0 Å². The Morgan fingerprint density at radius 1 is 1.30 bits per heavy atom. The van der Waals surface area contributed by atoms with Crippen molar-refractivity contribution >= 4 is 5.91 Å². The van der Waals surface area contributed by atoms with E-state index in [2.05, 4.69) is 10.3 Å². The molecule has 0 atom stereocenters. The van der Waals surface area contributed by atoms with E-state index >= 15 is 0 Å². The standard InChI is InChI=1S/C17H18FN3O2/c1-23-16-5-3-10(6-14(16)18)11-2-4-15(20-9-11)17(22)21-13-7-12(19)8-13/h2-6,9,12-13H,7-8,19H2,1H3,(H,21,22). The Hall–Kier alpha value is -2.47. The summed E-state index contributed by atoms with van der Waals surface area (Å²) in [5, 5.41) is 2.89. The summed E-state index contributed by atoms with van der Waals surface area (Å²) in [5.41, 5.74) is 7.43. The third-order valence-electron chi connectivity index (χ3n) is 3.99. The van der Waals surface area contributed by atoms with Crippen molar-refractivity contribution in [3.63, 3.8) is 0 Å². The number of hydrogen-bond donors (Lipinski definition) is 2. The summed E-state index contributed by atoms with van der Waals surface area (Å²) in [4.78, 5) is 16.2. The molecule has 1 saturated carbocycles. The van der Waals surface area contributed by atoms with Gasteiger partial charge in [0.1, 0.15) is 5.69 Å². The van der Waals surface area contributed by atoms with E-state index in [4.69, 9.17) is 10.5 Å². The fraction of sp³-hybridized carbons (Fsp3) is 0.294. The maximum Gasteiger partial charge on any atom is 0.270 e. The van der Waals surface area contributed by atoms with Crippen molar-refractivity contribution in [2.45, 2.75) is 24.9 Å².